The monoisotopic (exact) mass is 571 g/mol. The highest BCUT2D eigenvalue weighted by Crippen LogP contribution is 2.34. The van der Waals surface area contributed by atoms with Gasteiger partial charge in [0, 0.05) is 45.7 Å². The summed E-state index contributed by atoms with van der Waals surface area (Å²) in [5.41, 5.74) is 1.61. The van der Waals surface area contributed by atoms with Gasteiger partial charge in [0.05, 0.1) is 17.7 Å². The zero-order valence-corrected chi connectivity index (χ0v) is 23.2. The molecule has 0 spiro atoms. The number of hydrogen-bond donors (Lipinski definition) is 2. The number of halogens is 3. The number of nitriles is 1. The number of hydrogen-bond acceptors (Lipinski definition) is 7. The maximum absolute atomic E-state index is 13.8. The number of Topliss-reactive ketones (excluding diaryl/α,β-unsaturated/α-hetero) is 1. The molecule has 2 fully saturated rings. The highest BCUT2D eigenvalue weighted by Gasteiger charge is 2.38. The van der Waals surface area contributed by atoms with Gasteiger partial charge in [0.15, 0.2) is 5.78 Å². The number of aromatic nitrogens is 2. The van der Waals surface area contributed by atoms with Crippen LogP contribution >= 0.6 is 0 Å². The average Bonchev–Trinajstić information content (AvgIpc) is 3.47. The van der Waals surface area contributed by atoms with Gasteiger partial charge in [-0.3, -0.25) is 4.79 Å². The number of urea groups is 1. The molecular weight excluding hydrogens is 535 g/mol. The van der Waals surface area contributed by atoms with Crippen LogP contribution in [0.25, 0.3) is 0 Å². The summed E-state index contributed by atoms with van der Waals surface area (Å²) in [5, 5.41) is 14.2. The Kier molecular flexibility index (Phi) is 10.0. The number of nitrogens with one attached hydrogen (secondary N) is 2. The number of anilines is 2. The number of rotatable bonds is 10. The molecule has 0 radical (unpaired) electrons. The summed E-state index contributed by atoms with van der Waals surface area (Å²) >= 11 is 0. The summed E-state index contributed by atoms with van der Waals surface area (Å²) in [6.45, 7) is 2.10. The lowest BCUT2D eigenvalue weighted by Crippen LogP contribution is -2.39. The SMILES string of the molecule is CNC(=O)NCCC1CCN(c2cc(N3CCC[C@H]3C(=O)CCCc3ccc(C#N)cc3)nc(C(F)(F)F)n2)CC1. The zero-order chi connectivity index (χ0) is 29.4. The van der Waals surface area contributed by atoms with Crippen molar-refractivity contribution in [1.82, 2.24) is 20.6 Å². The van der Waals surface area contributed by atoms with E-state index in [-0.39, 0.29) is 23.5 Å². The number of nitrogens with zero attached hydrogens (tertiary/aromatic N) is 5. The molecule has 220 valence electrons. The van der Waals surface area contributed by atoms with Gasteiger partial charge in [-0.1, -0.05) is 12.1 Å². The van der Waals surface area contributed by atoms with Crippen LogP contribution in [0.5, 0.6) is 0 Å². The van der Waals surface area contributed by atoms with Crippen LogP contribution in [0.2, 0.25) is 0 Å². The third-order valence-corrected chi connectivity index (χ3v) is 7.85. The zero-order valence-electron chi connectivity index (χ0n) is 23.2. The average molecular weight is 572 g/mol. The molecule has 0 saturated carbocycles. The molecule has 12 heteroatoms. The van der Waals surface area contributed by atoms with E-state index in [1.807, 2.05) is 17.0 Å². The van der Waals surface area contributed by atoms with Crippen molar-refractivity contribution in [1.29, 1.82) is 5.26 Å². The number of piperidine rings is 1. The fourth-order valence-corrected chi connectivity index (χ4v) is 5.54. The summed E-state index contributed by atoms with van der Waals surface area (Å²) in [4.78, 5) is 35.9. The summed E-state index contributed by atoms with van der Waals surface area (Å²) in [6, 6.07) is 10.1. The van der Waals surface area contributed by atoms with Gasteiger partial charge in [-0.15, -0.1) is 0 Å². The van der Waals surface area contributed by atoms with E-state index in [0.717, 1.165) is 24.8 Å². The van der Waals surface area contributed by atoms with E-state index in [1.54, 1.807) is 30.1 Å². The standard InChI is InChI=1S/C29H36F3N7O2/c1-34-28(41)35-14-11-21-12-16-38(17-13-21)25-18-26(37-27(36-25)29(30,31)32)39-15-3-5-23(39)24(40)6-2-4-20-7-9-22(19-33)10-8-20/h7-10,18,21,23H,2-6,11-17H2,1H3,(H2,34,35,41)/t23-/m0/s1. The van der Waals surface area contributed by atoms with Gasteiger partial charge >= 0.3 is 12.2 Å². The number of carbonyl (C=O) groups excluding carboxylic acids is 2. The van der Waals surface area contributed by atoms with Gasteiger partial charge in [0.2, 0.25) is 5.82 Å². The highest BCUT2D eigenvalue weighted by molar-refractivity contribution is 5.87. The molecule has 0 unspecified atom stereocenters. The van der Waals surface area contributed by atoms with Crippen molar-refractivity contribution in [3.63, 3.8) is 0 Å². The second kappa shape index (κ2) is 13.7. The van der Waals surface area contributed by atoms with Gasteiger partial charge < -0.3 is 20.4 Å². The van der Waals surface area contributed by atoms with Gasteiger partial charge in [-0.2, -0.15) is 18.4 Å². The van der Waals surface area contributed by atoms with Gasteiger partial charge in [0.1, 0.15) is 11.6 Å². The lowest BCUT2D eigenvalue weighted by Gasteiger charge is -2.34. The summed E-state index contributed by atoms with van der Waals surface area (Å²) in [5.74, 6) is -0.473. The Morgan fingerprint density at radius 1 is 1.07 bits per heavy atom. The first-order valence-corrected chi connectivity index (χ1v) is 14.1. The number of amides is 2. The number of carbonyl (C=O) groups is 2. The van der Waals surface area contributed by atoms with E-state index in [0.29, 0.717) is 69.8 Å². The third kappa shape index (κ3) is 8.08. The van der Waals surface area contributed by atoms with Crippen molar-refractivity contribution in [2.75, 3.05) is 43.0 Å². The topological polar surface area (TPSA) is 114 Å². The molecule has 2 aromatic rings. The largest absolute Gasteiger partial charge is 0.451 e. The summed E-state index contributed by atoms with van der Waals surface area (Å²) < 4.78 is 41.5. The Morgan fingerprint density at radius 3 is 2.44 bits per heavy atom. The normalized spacial score (nSPS) is 17.8. The summed E-state index contributed by atoms with van der Waals surface area (Å²) in [7, 11) is 1.55. The van der Waals surface area contributed by atoms with Gasteiger partial charge in [0.25, 0.3) is 0 Å². The minimum Gasteiger partial charge on any atom is -0.356 e. The van der Waals surface area contributed by atoms with Crippen molar-refractivity contribution in [2.45, 2.75) is 63.6 Å². The van der Waals surface area contributed by atoms with Gasteiger partial charge in [-0.25, -0.2) is 14.8 Å². The Labute approximate surface area is 238 Å². The molecule has 2 aliphatic rings. The third-order valence-electron chi connectivity index (χ3n) is 7.85. The first-order valence-electron chi connectivity index (χ1n) is 14.1. The van der Waals surface area contributed by atoms with Crippen LogP contribution in [-0.4, -0.2) is 61.1 Å². The van der Waals surface area contributed by atoms with Gasteiger partial charge in [-0.05, 0) is 68.6 Å². The molecule has 2 amide bonds. The second-order valence-electron chi connectivity index (χ2n) is 10.6. The molecule has 41 heavy (non-hydrogen) atoms. The molecule has 2 saturated heterocycles. The number of ketones is 1. The molecule has 4 rings (SSSR count). The smallest absolute Gasteiger partial charge is 0.356 e. The predicted molar refractivity (Wildman–Crippen MR) is 149 cm³/mol. The first kappa shape index (κ1) is 30.1. The van der Waals surface area contributed by atoms with Crippen LogP contribution in [0.15, 0.2) is 30.3 Å². The van der Waals surface area contributed by atoms with Crippen LogP contribution in [0.4, 0.5) is 29.6 Å². The fourth-order valence-electron chi connectivity index (χ4n) is 5.54. The van der Waals surface area contributed by atoms with Crippen LogP contribution in [-0.2, 0) is 17.4 Å². The minimum absolute atomic E-state index is 0.00366. The maximum atomic E-state index is 13.8. The Bertz CT molecular complexity index is 1240. The molecule has 1 aromatic carbocycles. The molecule has 2 N–H and O–H groups in total. The number of alkyl halides is 3. The molecule has 2 aliphatic heterocycles. The molecule has 1 aromatic heterocycles. The Morgan fingerprint density at radius 2 is 1.78 bits per heavy atom. The van der Waals surface area contributed by atoms with E-state index in [1.165, 1.54) is 0 Å². The Hall–Kier alpha value is -3.88. The van der Waals surface area contributed by atoms with E-state index in [9.17, 15) is 22.8 Å². The highest BCUT2D eigenvalue weighted by atomic mass is 19.4. The van der Waals surface area contributed by atoms with E-state index in [2.05, 4.69) is 26.7 Å². The first-order chi connectivity index (χ1) is 19.7. The predicted octanol–water partition coefficient (Wildman–Crippen LogP) is 4.46. The van der Waals surface area contributed by atoms with Crippen LogP contribution in [0, 0.1) is 17.2 Å². The molecule has 0 bridgehead atoms. The number of aryl methyl sites for hydroxylation is 1. The van der Waals surface area contributed by atoms with Crippen molar-refractivity contribution >= 4 is 23.5 Å². The molecule has 0 aliphatic carbocycles. The lowest BCUT2D eigenvalue weighted by atomic mass is 9.93. The van der Waals surface area contributed by atoms with Crippen LogP contribution < -0.4 is 20.4 Å². The van der Waals surface area contributed by atoms with Crippen molar-refractivity contribution in [3.8, 4) is 6.07 Å². The van der Waals surface area contributed by atoms with Crippen LogP contribution in [0.3, 0.4) is 0 Å². The molecular formula is C29H36F3N7O2. The quantitative estimate of drug-likeness (QED) is 0.433. The molecule has 3 heterocycles. The van der Waals surface area contributed by atoms with E-state index < -0.39 is 18.0 Å². The van der Waals surface area contributed by atoms with Crippen molar-refractivity contribution in [3.05, 3.63) is 47.3 Å². The lowest BCUT2D eigenvalue weighted by molar-refractivity contribution is -0.144. The fraction of sp³-hybridized carbons (Fsp3) is 0.552. The van der Waals surface area contributed by atoms with Crippen molar-refractivity contribution < 1.29 is 22.8 Å². The Balaban J connectivity index is 1.41. The number of benzene rings is 1. The van der Waals surface area contributed by atoms with Crippen LogP contribution in [0.1, 0.15) is 61.9 Å². The minimum atomic E-state index is -4.71. The molecule has 9 nitrogen and oxygen atoms in total. The van der Waals surface area contributed by atoms with E-state index in [4.69, 9.17) is 5.26 Å². The second-order valence-corrected chi connectivity index (χ2v) is 10.6. The van der Waals surface area contributed by atoms with Crippen molar-refractivity contribution in [2.24, 2.45) is 5.92 Å². The maximum Gasteiger partial charge on any atom is 0.451 e. The molecule has 1 atom stereocenters. The summed E-state index contributed by atoms with van der Waals surface area (Å²) in [6.07, 6.45) is 0.521. The van der Waals surface area contributed by atoms with E-state index >= 15 is 0 Å².